The van der Waals surface area contributed by atoms with Crippen LogP contribution in [0.5, 0.6) is 0 Å². The summed E-state index contributed by atoms with van der Waals surface area (Å²) in [6, 6.07) is 88.8. The Kier molecular flexibility index (Phi) is 8.60. The van der Waals surface area contributed by atoms with Crippen LogP contribution in [0.4, 0.5) is 0 Å². The minimum atomic E-state index is 0.890. The average molecular weight is 825 g/mol. The normalized spacial score (nSPS) is 11.7. The Morgan fingerprint density at radius 3 is 1.45 bits per heavy atom. The molecule has 1 heteroatoms. The molecule has 13 aromatic rings. The fraction of sp³-hybridized carbons (Fsp3) is 0. The zero-order valence-corrected chi connectivity index (χ0v) is 35.5. The smallest absolute Gasteiger partial charge is 0.135 e. The lowest BCUT2D eigenvalue weighted by Crippen LogP contribution is -1.96. The largest absolute Gasteiger partial charge is 0.456 e. The van der Waals surface area contributed by atoms with Crippen LogP contribution in [0.25, 0.3) is 132 Å². The summed E-state index contributed by atoms with van der Waals surface area (Å²) in [6.45, 7) is 0. The summed E-state index contributed by atoms with van der Waals surface area (Å²) in [5, 5.41) is 12.0. The van der Waals surface area contributed by atoms with Crippen LogP contribution in [0.1, 0.15) is 0 Å². The van der Waals surface area contributed by atoms with Gasteiger partial charge >= 0.3 is 0 Å². The van der Waals surface area contributed by atoms with Crippen molar-refractivity contribution in [2.45, 2.75) is 0 Å². The molecule has 302 valence electrons. The van der Waals surface area contributed by atoms with Crippen molar-refractivity contribution in [3.8, 4) is 66.8 Å². The van der Waals surface area contributed by atoms with Gasteiger partial charge in [-0.25, -0.2) is 0 Å². The topological polar surface area (TPSA) is 13.1 Å². The van der Waals surface area contributed by atoms with Crippen molar-refractivity contribution < 1.29 is 4.42 Å². The van der Waals surface area contributed by atoms with Gasteiger partial charge in [0.25, 0.3) is 0 Å². The molecule has 0 N–H and O–H groups in total. The van der Waals surface area contributed by atoms with Crippen molar-refractivity contribution in [2.24, 2.45) is 0 Å². The number of rotatable bonds is 6. The van der Waals surface area contributed by atoms with E-state index in [0.717, 1.165) is 27.5 Å². The van der Waals surface area contributed by atoms with Crippen molar-refractivity contribution in [3.63, 3.8) is 0 Å². The summed E-state index contributed by atoms with van der Waals surface area (Å²) in [5.41, 5.74) is 16.3. The van der Waals surface area contributed by atoms with Gasteiger partial charge in [0, 0.05) is 10.8 Å². The highest BCUT2D eigenvalue weighted by Crippen LogP contribution is 2.51. The van der Waals surface area contributed by atoms with Gasteiger partial charge in [-0.3, -0.25) is 0 Å². The first-order valence-corrected chi connectivity index (χ1v) is 22.4. The maximum atomic E-state index is 6.37. The molecule has 0 bridgehead atoms. The Hall–Kier alpha value is -8.52. The van der Waals surface area contributed by atoms with Crippen molar-refractivity contribution in [2.75, 3.05) is 0 Å². The zero-order chi connectivity index (χ0) is 42.8. The standard InChI is InChI=1S/C64H40O/c1-3-17-41(18-4-1)43-33-35-47-44(39-43)21-15-30-50(47)53-31-16-29-48(45-34-38-61-59(40-45)52-24-13-14-32-60(52)65-61)63(53)64-56-27-11-9-25-54(56)62(55-26-10-12-28-57(55)64)58-37-36-46(42-19-5-2-6-20-42)49-22-7-8-23-51(49)58/h1-40H. The number of hydrogen-bond acceptors (Lipinski definition) is 1. The van der Waals surface area contributed by atoms with E-state index in [9.17, 15) is 0 Å². The number of benzene rings is 12. The van der Waals surface area contributed by atoms with Gasteiger partial charge in [0.1, 0.15) is 11.2 Å². The third-order valence-electron chi connectivity index (χ3n) is 13.5. The second-order valence-electron chi connectivity index (χ2n) is 17.1. The number of hydrogen-bond donors (Lipinski definition) is 0. The van der Waals surface area contributed by atoms with Crippen molar-refractivity contribution in [1.82, 2.24) is 0 Å². The lowest BCUT2D eigenvalue weighted by molar-refractivity contribution is 0.669. The molecule has 0 aliphatic carbocycles. The summed E-state index contributed by atoms with van der Waals surface area (Å²) in [4.78, 5) is 0. The van der Waals surface area contributed by atoms with E-state index in [2.05, 4.69) is 237 Å². The highest BCUT2D eigenvalue weighted by atomic mass is 16.3. The molecule has 1 heterocycles. The molecule has 0 saturated heterocycles. The highest BCUT2D eigenvalue weighted by molar-refractivity contribution is 6.26. The summed E-state index contributed by atoms with van der Waals surface area (Å²) < 4.78 is 6.37. The van der Waals surface area contributed by atoms with Gasteiger partial charge in [-0.2, -0.15) is 0 Å². The quantitative estimate of drug-likeness (QED) is 0.152. The molecule has 0 saturated carbocycles. The minimum Gasteiger partial charge on any atom is -0.456 e. The molecule has 0 amide bonds. The molecule has 0 aliphatic heterocycles. The highest BCUT2D eigenvalue weighted by Gasteiger charge is 2.24. The number of fused-ring (bicyclic) bond motifs is 7. The van der Waals surface area contributed by atoms with Gasteiger partial charge in [0.05, 0.1) is 0 Å². The van der Waals surface area contributed by atoms with E-state index in [0.29, 0.717) is 0 Å². The van der Waals surface area contributed by atoms with Gasteiger partial charge in [-0.15, -0.1) is 0 Å². The van der Waals surface area contributed by atoms with Crippen molar-refractivity contribution >= 4 is 65.0 Å². The van der Waals surface area contributed by atoms with Gasteiger partial charge < -0.3 is 4.42 Å². The summed E-state index contributed by atoms with van der Waals surface area (Å²) >= 11 is 0. The molecule has 0 aliphatic rings. The Bertz CT molecular complexity index is 3930. The van der Waals surface area contributed by atoms with E-state index >= 15 is 0 Å². The van der Waals surface area contributed by atoms with Crippen LogP contribution in [0.3, 0.4) is 0 Å². The zero-order valence-electron chi connectivity index (χ0n) is 35.5. The van der Waals surface area contributed by atoms with Gasteiger partial charge in [-0.05, 0) is 134 Å². The first-order chi connectivity index (χ1) is 32.3. The third-order valence-corrected chi connectivity index (χ3v) is 13.5. The molecule has 1 aromatic heterocycles. The Morgan fingerprint density at radius 2 is 0.723 bits per heavy atom. The van der Waals surface area contributed by atoms with Crippen LogP contribution in [0, 0.1) is 0 Å². The molecule has 0 spiro atoms. The summed E-state index contributed by atoms with van der Waals surface area (Å²) in [7, 11) is 0. The van der Waals surface area contributed by atoms with Gasteiger partial charge in [-0.1, -0.05) is 218 Å². The van der Waals surface area contributed by atoms with Crippen LogP contribution in [-0.4, -0.2) is 0 Å². The van der Waals surface area contributed by atoms with Crippen molar-refractivity contribution in [1.29, 1.82) is 0 Å². The summed E-state index contributed by atoms with van der Waals surface area (Å²) in [5.74, 6) is 0. The molecular weight excluding hydrogens is 785 g/mol. The molecule has 0 fully saturated rings. The molecule has 13 rings (SSSR count). The lowest BCUT2D eigenvalue weighted by atomic mass is 9.79. The van der Waals surface area contributed by atoms with E-state index in [-0.39, 0.29) is 0 Å². The second-order valence-corrected chi connectivity index (χ2v) is 17.1. The molecule has 1 nitrogen and oxygen atoms in total. The van der Waals surface area contributed by atoms with Crippen LogP contribution in [-0.2, 0) is 0 Å². The van der Waals surface area contributed by atoms with Gasteiger partial charge in [0.15, 0.2) is 0 Å². The molecule has 0 unspecified atom stereocenters. The van der Waals surface area contributed by atoms with E-state index in [1.807, 2.05) is 6.07 Å². The SMILES string of the molecule is c1ccc(-c2ccc3c(-c4cccc(-c5ccc6oc7ccccc7c6c5)c4-c4c5ccccc5c(-c5ccc(-c6ccccc6)c6ccccc56)c5ccccc45)cccc3c2)cc1. The fourth-order valence-corrected chi connectivity index (χ4v) is 10.6. The molecular formula is C64H40O. The Balaban J connectivity index is 1.13. The van der Waals surface area contributed by atoms with E-state index < -0.39 is 0 Å². The maximum Gasteiger partial charge on any atom is 0.135 e. The minimum absolute atomic E-state index is 0.890. The first kappa shape index (κ1) is 37.1. The van der Waals surface area contributed by atoms with E-state index in [1.54, 1.807) is 0 Å². The van der Waals surface area contributed by atoms with Gasteiger partial charge in [0.2, 0.25) is 0 Å². The second kappa shape index (κ2) is 15.1. The fourth-order valence-electron chi connectivity index (χ4n) is 10.6. The molecule has 65 heavy (non-hydrogen) atoms. The lowest BCUT2D eigenvalue weighted by Gasteiger charge is -2.23. The predicted octanol–water partition coefficient (Wildman–Crippen LogP) is 18.2. The first-order valence-electron chi connectivity index (χ1n) is 22.4. The molecule has 12 aromatic carbocycles. The van der Waals surface area contributed by atoms with Crippen LogP contribution < -0.4 is 0 Å². The molecule has 0 radical (unpaired) electrons. The summed E-state index contributed by atoms with van der Waals surface area (Å²) in [6.07, 6.45) is 0. The molecule has 0 atom stereocenters. The maximum absolute atomic E-state index is 6.37. The average Bonchev–Trinajstić information content (AvgIpc) is 3.76. The Morgan fingerprint density at radius 1 is 0.200 bits per heavy atom. The van der Waals surface area contributed by atoms with E-state index in [4.69, 9.17) is 4.42 Å². The Labute approximate surface area is 377 Å². The number of furan rings is 1. The number of para-hydroxylation sites is 1. The van der Waals surface area contributed by atoms with E-state index in [1.165, 1.54) is 104 Å². The predicted molar refractivity (Wildman–Crippen MR) is 276 cm³/mol. The van der Waals surface area contributed by atoms with Crippen LogP contribution >= 0.6 is 0 Å². The monoisotopic (exact) mass is 824 g/mol. The third kappa shape index (κ3) is 6.01. The van der Waals surface area contributed by atoms with Crippen LogP contribution in [0.2, 0.25) is 0 Å². The van der Waals surface area contributed by atoms with Crippen LogP contribution in [0.15, 0.2) is 247 Å². The van der Waals surface area contributed by atoms with Crippen molar-refractivity contribution in [3.05, 3.63) is 243 Å².